The monoisotopic (exact) mass is 680 g/mol. The van der Waals surface area contributed by atoms with Crippen LogP contribution in [0, 0.1) is 20.2 Å². The van der Waals surface area contributed by atoms with Crippen LogP contribution in [0.4, 0.5) is 70.1 Å². The molecule has 0 atom stereocenters. The lowest BCUT2D eigenvalue weighted by atomic mass is 10.1. The molecule has 14 nitrogen and oxygen atoms in total. The quantitative estimate of drug-likeness (QED) is 0.0907. The van der Waals surface area contributed by atoms with Gasteiger partial charge in [-0.15, -0.1) is 0 Å². The van der Waals surface area contributed by atoms with Gasteiger partial charge in [0.15, 0.2) is 0 Å². The Balaban J connectivity index is 1.93. The van der Waals surface area contributed by atoms with Gasteiger partial charge in [-0.3, -0.25) is 20.2 Å². The Morgan fingerprint density at radius 2 is 1.10 bits per heavy atom. The Morgan fingerprint density at radius 3 is 1.52 bits per heavy atom. The van der Waals surface area contributed by atoms with Crippen LogP contribution < -0.4 is 20.7 Å². The van der Waals surface area contributed by atoms with Crippen LogP contribution in [-0.2, 0) is 12.4 Å². The minimum Gasteiger partial charge on any atom is -0.505 e. The molecular formula is C28H18F6N6O8. The van der Waals surface area contributed by atoms with Crippen LogP contribution in [0.5, 0.6) is 11.5 Å². The number of hydrogen-bond acceptors (Lipinski definition) is 8. The number of non-ortho nitro benzene ring substituents is 2. The van der Waals surface area contributed by atoms with E-state index in [0.717, 1.165) is 48.5 Å². The minimum atomic E-state index is -5.03. The maximum Gasteiger partial charge on any atom is 0.418 e. The van der Waals surface area contributed by atoms with Crippen molar-refractivity contribution in [1.29, 1.82) is 0 Å². The number of phenolic OH excluding ortho intramolecular Hbond substituents is 2. The van der Waals surface area contributed by atoms with Gasteiger partial charge in [0.2, 0.25) is 0 Å². The Hall–Kier alpha value is -6.60. The summed E-state index contributed by atoms with van der Waals surface area (Å²) >= 11 is 0. The average molecular weight is 680 g/mol. The third kappa shape index (κ3) is 7.43. The average Bonchev–Trinajstić information content (AvgIpc) is 2.99. The number of carbonyl (C=O) groups excluding carboxylic acids is 2. The summed E-state index contributed by atoms with van der Waals surface area (Å²) in [5.41, 5.74) is -6.79. The van der Waals surface area contributed by atoms with Gasteiger partial charge in [0.05, 0.1) is 38.8 Å². The molecule has 4 N–H and O–H groups in total. The van der Waals surface area contributed by atoms with E-state index in [1.807, 2.05) is 5.32 Å². The van der Waals surface area contributed by atoms with Crippen LogP contribution in [0.2, 0.25) is 0 Å². The van der Waals surface area contributed by atoms with E-state index in [4.69, 9.17) is 0 Å². The fourth-order valence-electron chi connectivity index (χ4n) is 4.15. The number of phenols is 2. The minimum absolute atomic E-state index is 0.131. The van der Waals surface area contributed by atoms with Gasteiger partial charge < -0.3 is 20.8 Å². The summed E-state index contributed by atoms with van der Waals surface area (Å²) in [4.78, 5) is 48.3. The van der Waals surface area contributed by atoms with Crippen molar-refractivity contribution in [3.63, 3.8) is 0 Å². The van der Waals surface area contributed by atoms with Crippen LogP contribution in [0.25, 0.3) is 0 Å². The molecule has 0 aliphatic rings. The first-order valence-corrected chi connectivity index (χ1v) is 12.9. The number of hydrazine groups is 1. The van der Waals surface area contributed by atoms with Crippen molar-refractivity contribution in [2.24, 2.45) is 0 Å². The molecule has 0 aliphatic heterocycles. The number of urea groups is 2. The molecule has 0 heterocycles. The highest BCUT2D eigenvalue weighted by molar-refractivity contribution is 6.14. The molecule has 4 aromatic carbocycles. The van der Waals surface area contributed by atoms with E-state index >= 15 is 0 Å². The van der Waals surface area contributed by atoms with Gasteiger partial charge in [0.25, 0.3) is 11.4 Å². The van der Waals surface area contributed by atoms with E-state index < -0.39 is 85.3 Å². The summed E-state index contributed by atoms with van der Waals surface area (Å²) < 4.78 is 80.5. The first kappa shape index (κ1) is 34.3. The third-order valence-corrected chi connectivity index (χ3v) is 6.32. The van der Waals surface area contributed by atoms with Gasteiger partial charge in [0.1, 0.15) is 22.9 Å². The predicted molar refractivity (Wildman–Crippen MR) is 155 cm³/mol. The first-order valence-electron chi connectivity index (χ1n) is 12.9. The molecule has 0 bridgehead atoms. The lowest BCUT2D eigenvalue weighted by Gasteiger charge is -2.35. The highest BCUT2D eigenvalue weighted by Gasteiger charge is 2.38. The van der Waals surface area contributed by atoms with Crippen molar-refractivity contribution in [1.82, 2.24) is 0 Å². The number of hydrogen-bond donors (Lipinski definition) is 4. The number of para-hydroxylation sites is 1. The van der Waals surface area contributed by atoms with Crippen LogP contribution in [-0.4, -0.2) is 32.1 Å². The van der Waals surface area contributed by atoms with Gasteiger partial charge in [-0.05, 0) is 48.5 Å². The van der Waals surface area contributed by atoms with Gasteiger partial charge in [-0.2, -0.15) is 36.4 Å². The zero-order valence-corrected chi connectivity index (χ0v) is 23.5. The number of amides is 4. The molecule has 0 fully saturated rings. The van der Waals surface area contributed by atoms with Crippen molar-refractivity contribution < 1.29 is 56.0 Å². The number of anilines is 4. The number of aromatic hydroxyl groups is 2. The number of nitrogens with zero attached hydrogens (tertiary/aromatic N) is 4. The molecule has 0 unspecified atom stereocenters. The maximum atomic E-state index is 13.8. The smallest absolute Gasteiger partial charge is 0.418 e. The molecule has 0 radical (unpaired) electrons. The molecule has 0 saturated heterocycles. The van der Waals surface area contributed by atoms with E-state index in [2.05, 4.69) is 5.32 Å². The fraction of sp³-hybridized carbons (Fsp3) is 0.0714. The SMILES string of the molecule is O=C(Nc1ccc(C(F)(F)F)cc1)N(c1ccc([N+](=O)[O-])cc1O)N(C(=O)Nc1ccccc1C(F)(F)F)c1ccc([N+](=O)[O-])cc1O. The number of rotatable bonds is 6. The van der Waals surface area contributed by atoms with Crippen molar-refractivity contribution >= 4 is 46.2 Å². The summed E-state index contributed by atoms with van der Waals surface area (Å²) in [5, 5.41) is 48.4. The Morgan fingerprint density at radius 1 is 0.646 bits per heavy atom. The van der Waals surface area contributed by atoms with Gasteiger partial charge in [0, 0.05) is 17.8 Å². The summed E-state index contributed by atoms with van der Waals surface area (Å²) in [6.45, 7) is 0. The second-order valence-electron chi connectivity index (χ2n) is 9.46. The van der Waals surface area contributed by atoms with Crippen molar-refractivity contribution in [3.8, 4) is 11.5 Å². The molecule has 0 aromatic heterocycles. The summed E-state index contributed by atoms with van der Waals surface area (Å²) in [7, 11) is 0. The summed E-state index contributed by atoms with van der Waals surface area (Å²) in [6, 6.07) is 7.02. The molecule has 0 saturated carbocycles. The molecule has 4 rings (SSSR count). The van der Waals surface area contributed by atoms with E-state index in [0.29, 0.717) is 36.4 Å². The van der Waals surface area contributed by atoms with E-state index in [1.165, 1.54) is 0 Å². The Bertz CT molecular complexity index is 1900. The molecule has 4 amide bonds. The van der Waals surface area contributed by atoms with Crippen molar-refractivity contribution in [2.75, 3.05) is 20.7 Å². The van der Waals surface area contributed by atoms with Crippen LogP contribution >= 0.6 is 0 Å². The number of nitro groups is 2. The zero-order chi connectivity index (χ0) is 35.6. The molecule has 48 heavy (non-hydrogen) atoms. The number of halogens is 6. The summed E-state index contributed by atoms with van der Waals surface area (Å²) in [5.74, 6) is -2.18. The molecule has 4 aromatic rings. The van der Waals surface area contributed by atoms with E-state index in [1.54, 1.807) is 0 Å². The van der Waals surface area contributed by atoms with Crippen LogP contribution in [0.15, 0.2) is 84.9 Å². The fourth-order valence-corrected chi connectivity index (χ4v) is 4.15. The molecule has 250 valence electrons. The lowest BCUT2D eigenvalue weighted by Crippen LogP contribution is -2.54. The molecule has 0 spiro atoms. The normalized spacial score (nSPS) is 11.4. The molecular weight excluding hydrogens is 662 g/mol. The van der Waals surface area contributed by atoms with Crippen LogP contribution in [0.1, 0.15) is 11.1 Å². The first-order chi connectivity index (χ1) is 22.4. The second-order valence-corrected chi connectivity index (χ2v) is 9.46. The topological polar surface area (TPSA) is 191 Å². The van der Waals surface area contributed by atoms with Crippen molar-refractivity contribution in [2.45, 2.75) is 12.4 Å². The van der Waals surface area contributed by atoms with Gasteiger partial charge in [-0.25, -0.2) is 9.59 Å². The number of nitrogens with one attached hydrogen (secondary N) is 2. The van der Waals surface area contributed by atoms with E-state index in [-0.39, 0.29) is 15.7 Å². The third-order valence-electron chi connectivity index (χ3n) is 6.32. The largest absolute Gasteiger partial charge is 0.505 e. The van der Waals surface area contributed by atoms with Crippen LogP contribution in [0.3, 0.4) is 0 Å². The van der Waals surface area contributed by atoms with E-state index in [9.17, 15) is 66.4 Å². The number of carbonyl (C=O) groups is 2. The predicted octanol–water partition coefficient (Wildman–Crippen LogP) is 7.64. The van der Waals surface area contributed by atoms with Gasteiger partial charge >= 0.3 is 24.4 Å². The molecule has 20 heteroatoms. The van der Waals surface area contributed by atoms with Gasteiger partial charge in [-0.1, -0.05) is 12.1 Å². The Labute approximate surface area is 263 Å². The summed E-state index contributed by atoms with van der Waals surface area (Å²) in [6.07, 6.45) is -9.80. The number of alkyl halides is 6. The molecule has 0 aliphatic carbocycles. The Kier molecular flexibility index (Phi) is 9.30. The van der Waals surface area contributed by atoms with Crippen molar-refractivity contribution in [3.05, 3.63) is 116 Å². The second kappa shape index (κ2) is 13.0. The lowest BCUT2D eigenvalue weighted by molar-refractivity contribution is -0.385. The standard InChI is InChI=1S/C28H18F6N6O8/c29-27(30,31)15-5-7-16(8-6-15)35-25(43)37(21-11-9-17(39(45)46)13-23(21)41)38(22-12-10-18(40(47)48)14-24(22)42)26(44)36-20-4-2-1-3-19(20)28(32,33)34/h1-14,41-42H,(H,35,43)(H,36,44). The number of nitro benzene ring substituents is 2. The maximum absolute atomic E-state index is 13.8. The highest BCUT2D eigenvalue weighted by atomic mass is 19.4. The highest BCUT2D eigenvalue weighted by Crippen LogP contribution is 2.40. The number of benzene rings is 4. The zero-order valence-electron chi connectivity index (χ0n) is 23.5.